The van der Waals surface area contributed by atoms with Crippen LogP contribution in [0.5, 0.6) is 0 Å². The third-order valence-corrected chi connectivity index (χ3v) is 3.15. The summed E-state index contributed by atoms with van der Waals surface area (Å²) in [6.07, 6.45) is 4.89. The first-order chi connectivity index (χ1) is 6.31. The van der Waals surface area contributed by atoms with Gasteiger partial charge in [-0.15, -0.1) is 0 Å². The van der Waals surface area contributed by atoms with Crippen molar-refractivity contribution < 1.29 is 4.39 Å². The molecule has 1 nitrogen and oxygen atoms in total. The highest BCUT2D eigenvalue weighted by Crippen LogP contribution is 2.37. The predicted molar refractivity (Wildman–Crippen MR) is 59.0 cm³/mol. The maximum Gasteiger partial charge on any atom is 0.112 e. The number of hydrogen-bond acceptors (Lipinski definition) is 1. The van der Waals surface area contributed by atoms with Crippen molar-refractivity contribution in [2.24, 2.45) is 11.1 Å². The summed E-state index contributed by atoms with van der Waals surface area (Å²) in [7, 11) is 0. The van der Waals surface area contributed by atoms with Crippen molar-refractivity contribution >= 4 is 0 Å². The van der Waals surface area contributed by atoms with Crippen LogP contribution in [-0.2, 0) is 0 Å². The van der Waals surface area contributed by atoms with Gasteiger partial charge in [0.25, 0.3) is 0 Å². The zero-order valence-corrected chi connectivity index (χ0v) is 9.78. The Morgan fingerprint density at radius 2 is 2.07 bits per heavy atom. The highest BCUT2D eigenvalue weighted by Gasteiger charge is 2.35. The lowest BCUT2D eigenvalue weighted by molar-refractivity contribution is 0.0722. The molecule has 0 aromatic carbocycles. The molecular formula is C12H24FN. The van der Waals surface area contributed by atoms with Gasteiger partial charge >= 0.3 is 0 Å². The van der Waals surface area contributed by atoms with Gasteiger partial charge in [-0.1, -0.05) is 20.8 Å². The molecule has 0 spiro atoms. The van der Waals surface area contributed by atoms with Crippen LogP contribution in [0.4, 0.5) is 4.39 Å². The zero-order valence-electron chi connectivity index (χ0n) is 9.78. The normalized spacial score (nSPS) is 34.5. The molecule has 2 unspecified atom stereocenters. The van der Waals surface area contributed by atoms with Gasteiger partial charge in [-0.25, -0.2) is 4.39 Å². The lowest BCUT2D eigenvalue weighted by atomic mass is 9.77. The number of hydrogen-bond donors (Lipinski definition) is 1. The SMILES string of the molecule is CC(C)(C)CCC1(F)CCCC(N)C1. The van der Waals surface area contributed by atoms with E-state index in [0.29, 0.717) is 12.8 Å². The van der Waals surface area contributed by atoms with Crippen LogP contribution in [0, 0.1) is 5.41 Å². The van der Waals surface area contributed by atoms with E-state index in [9.17, 15) is 4.39 Å². The second-order valence-corrected chi connectivity index (χ2v) is 6.07. The molecule has 1 fully saturated rings. The van der Waals surface area contributed by atoms with E-state index in [1.54, 1.807) is 0 Å². The molecule has 0 aromatic rings. The van der Waals surface area contributed by atoms with Crippen LogP contribution >= 0.6 is 0 Å². The van der Waals surface area contributed by atoms with Gasteiger partial charge in [0.15, 0.2) is 0 Å². The standard InChI is InChI=1S/C12H24FN/c1-11(2,3)7-8-12(13)6-4-5-10(14)9-12/h10H,4-9,14H2,1-3H3. The molecule has 1 aliphatic carbocycles. The average molecular weight is 201 g/mol. The van der Waals surface area contributed by atoms with Crippen LogP contribution in [-0.4, -0.2) is 11.7 Å². The Morgan fingerprint density at radius 3 is 2.57 bits per heavy atom. The van der Waals surface area contributed by atoms with Gasteiger partial charge in [0.05, 0.1) is 0 Å². The van der Waals surface area contributed by atoms with E-state index in [1.165, 1.54) is 0 Å². The van der Waals surface area contributed by atoms with E-state index in [0.717, 1.165) is 25.7 Å². The van der Waals surface area contributed by atoms with Crippen LogP contribution in [0.1, 0.15) is 59.3 Å². The molecule has 2 N–H and O–H groups in total. The smallest absolute Gasteiger partial charge is 0.112 e. The third-order valence-electron chi connectivity index (χ3n) is 3.15. The van der Waals surface area contributed by atoms with Crippen LogP contribution < -0.4 is 5.73 Å². The molecule has 2 heteroatoms. The average Bonchev–Trinajstić information content (AvgIpc) is 1.99. The Bertz CT molecular complexity index is 185. The van der Waals surface area contributed by atoms with Crippen molar-refractivity contribution in [1.82, 2.24) is 0 Å². The zero-order chi connectivity index (χ0) is 10.8. The molecule has 0 heterocycles. The summed E-state index contributed by atoms with van der Waals surface area (Å²) >= 11 is 0. The Balaban J connectivity index is 2.41. The lowest BCUT2D eigenvalue weighted by Gasteiger charge is -2.35. The summed E-state index contributed by atoms with van der Waals surface area (Å²) in [5.41, 5.74) is 5.08. The van der Waals surface area contributed by atoms with Gasteiger partial charge in [-0.05, 0) is 43.9 Å². The fraction of sp³-hybridized carbons (Fsp3) is 1.00. The van der Waals surface area contributed by atoms with Gasteiger partial charge < -0.3 is 5.73 Å². The molecule has 0 aliphatic heterocycles. The van der Waals surface area contributed by atoms with Gasteiger partial charge in [0, 0.05) is 6.04 Å². The predicted octanol–water partition coefficient (Wildman–Crippen LogP) is 3.42. The number of halogens is 1. The van der Waals surface area contributed by atoms with Crippen LogP contribution in [0.2, 0.25) is 0 Å². The first-order valence-electron chi connectivity index (χ1n) is 5.75. The Labute approximate surface area is 87.3 Å². The van der Waals surface area contributed by atoms with Crippen molar-refractivity contribution in [3.05, 3.63) is 0 Å². The molecule has 1 aliphatic rings. The summed E-state index contributed by atoms with van der Waals surface area (Å²) in [5.74, 6) is 0. The summed E-state index contributed by atoms with van der Waals surface area (Å²) in [5, 5.41) is 0. The molecule has 1 saturated carbocycles. The van der Waals surface area contributed by atoms with E-state index in [4.69, 9.17) is 5.73 Å². The topological polar surface area (TPSA) is 26.0 Å². The van der Waals surface area contributed by atoms with Crippen LogP contribution in [0.25, 0.3) is 0 Å². The highest BCUT2D eigenvalue weighted by molar-refractivity contribution is 4.89. The van der Waals surface area contributed by atoms with Crippen molar-refractivity contribution in [2.45, 2.75) is 71.0 Å². The van der Waals surface area contributed by atoms with Crippen molar-refractivity contribution in [3.8, 4) is 0 Å². The second-order valence-electron chi connectivity index (χ2n) is 6.07. The third kappa shape index (κ3) is 3.95. The maximum atomic E-state index is 14.3. The fourth-order valence-corrected chi connectivity index (χ4v) is 2.18. The monoisotopic (exact) mass is 201 g/mol. The fourth-order valence-electron chi connectivity index (χ4n) is 2.18. The van der Waals surface area contributed by atoms with Crippen molar-refractivity contribution in [1.29, 1.82) is 0 Å². The van der Waals surface area contributed by atoms with Gasteiger partial charge in [0.1, 0.15) is 5.67 Å². The first kappa shape index (κ1) is 12.0. The Morgan fingerprint density at radius 1 is 1.43 bits per heavy atom. The number of alkyl halides is 1. The minimum Gasteiger partial charge on any atom is -0.328 e. The number of nitrogens with two attached hydrogens (primary N) is 1. The van der Waals surface area contributed by atoms with Crippen LogP contribution in [0.3, 0.4) is 0 Å². The molecule has 84 valence electrons. The quantitative estimate of drug-likeness (QED) is 0.728. The summed E-state index contributed by atoms with van der Waals surface area (Å²) in [4.78, 5) is 0. The number of rotatable bonds is 2. The van der Waals surface area contributed by atoms with E-state index < -0.39 is 5.67 Å². The van der Waals surface area contributed by atoms with E-state index in [1.807, 2.05) is 0 Å². The first-order valence-corrected chi connectivity index (χ1v) is 5.75. The largest absolute Gasteiger partial charge is 0.328 e. The van der Waals surface area contributed by atoms with Gasteiger partial charge in [0.2, 0.25) is 0 Å². The van der Waals surface area contributed by atoms with E-state index >= 15 is 0 Å². The van der Waals surface area contributed by atoms with Gasteiger partial charge in [-0.3, -0.25) is 0 Å². The molecule has 0 bridgehead atoms. The van der Waals surface area contributed by atoms with E-state index in [-0.39, 0.29) is 11.5 Å². The summed E-state index contributed by atoms with van der Waals surface area (Å²) in [6, 6.07) is 0.0914. The minimum atomic E-state index is -0.967. The summed E-state index contributed by atoms with van der Waals surface area (Å²) < 4.78 is 14.3. The molecular weight excluding hydrogens is 177 g/mol. The Kier molecular flexibility index (Phi) is 3.57. The summed E-state index contributed by atoms with van der Waals surface area (Å²) in [6.45, 7) is 6.50. The lowest BCUT2D eigenvalue weighted by Crippen LogP contribution is -2.38. The molecule has 2 atom stereocenters. The van der Waals surface area contributed by atoms with Crippen molar-refractivity contribution in [2.75, 3.05) is 0 Å². The molecule has 0 aromatic heterocycles. The van der Waals surface area contributed by atoms with Crippen LogP contribution in [0.15, 0.2) is 0 Å². The van der Waals surface area contributed by atoms with Crippen molar-refractivity contribution in [3.63, 3.8) is 0 Å². The molecule has 0 radical (unpaired) electrons. The Hall–Kier alpha value is -0.110. The molecule has 14 heavy (non-hydrogen) atoms. The minimum absolute atomic E-state index is 0.0914. The highest BCUT2D eigenvalue weighted by atomic mass is 19.1. The second kappa shape index (κ2) is 4.18. The molecule has 0 saturated heterocycles. The van der Waals surface area contributed by atoms with E-state index in [2.05, 4.69) is 20.8 Å². The van der Waals surface area contributed by atoms with Gasteiger partial charge in [-0.2, -0.15) is 0 Å². The molecule has 1 rings (SSSR count). The molecule has 0 amide bonds. The maximum absolute atomic E-state index is 14.3.